The first kappa shape index (κ1) is 23.0. The normalized spacial score (nSPS) is 19.4. The van der Waals surface area contributed by atoms with E-state index in [1.807, 2.05) is 0 Å². The first-order valence-corrected chi connectivity index (χ1v) is 11.6. The summed E-state index contributed by atoms with van der Waals surface area (Å²) in [7, 11) is 0. The van der Waals surface area contributed by atoms with Gasteiger partial charge in [-0.3, -0.25) is 14.4 Å². The van der Waals surface area contributed by atoms with E-state index >= 15 is 0 Å². The van der Waals surface area contributed by atoms with Gasteiger partial charge < -0.3 is 19.5 Å². The van der Waals surface area contributed by atoms with E-state index in [1.165, 1.54) is 12.3 Å². The molecule has 2 aliphatic rings. The summed E-state index contributed by atoms with van der Waals surface area (Å²) in [5, 5.41) is 2.89. The topological polar surface area (TPSA) is 82.9 Å². The van der Waals surface area contributed by atoms with Gasteiger partial charge in [-0.25, -0.2) is 4.39 Å². The molecular formula is C25H30FN3O4. The van der Waals surface area contributed by atoms with Crippen molar-refractivity contribution in [3.63, 3.8) is 0 Å². The van der Waals surface area contributed by atoms with E-state index in [0.717, 1.165) is 18.4 Å². The van der Waals surface area contributed by atoms with Gasteiger partial charge in [-0.15, -0.1) is 0 Å². The molecule has 0 bridgehead atoms. The van der Waals surface area contributed by atoms with Crippen molar-refractivity contribution in [1.82, 2.24) is 15.1 Å². The third-order valence-electron chi connectivity index (χ3n) is 6.66. The summed E-state index contributed by atoms with van der Waals surface area (Å²) in [5.74, 6) is -0.593. The van der Waals surface area contributed by atoms with Crippen LogP contribution in [0.1, 0.15) is 53.8 Å². The fourth-order valence-corrected chi connectivity index (χ4v) is 4.63. The molecule has 1 aromatic heterocycles. The molecule has 4 rings (SSSR count). The van der Waals surface area contributed by atoms with Gasteiger partial charge in [0.2, 0.25) is 11.8 Å². The number of halogens is 1. The molecule has 33 heavy (non-hydrogen) atoms. The number of hydrogen-bond donors (Lipinski definition) is 1. The molecule has 3 heterocycles. The van der Waals surface area contributed by atoms with Crippen molar-refractivity contribution in [3.8, 4) is 0 Å². The van der Waals surface area contributed by atoms with Crippen LogP contribution in [-0.4, -0.2) is 53.2 Å². The van der Waals surface area contributed by atoms with Crippen LogP contribution >= 0.6 is 0 Å². The van der Waals surface area contributed by atoms with E-state index in [0.29, 0.717) is 44.5 Å². The number of amides is 3. The zero-order chi connectivity index (χ0) is 23.4. The molecule has 7 nitrogen and oxygen atoms in total. The lowest BCUT2D eigenvalue weighted by Crippen LogP contribution is -2.54. The van der Waals surface area contributed by atoms with Gasteiger partial charge in [-0.1, -0.05) is 12.1 Å². The third kappa shape index (κ3) is 5.26. The monoisotopic (exact) mass is 455 g/mol. The largest absolute Gasteiger partial charge is 0.459 e. The maximum Gasteiger partial charge on any atom is 0.290 e. The third-order valence-corrected chi connectivity index (χ3v) is 6.66. The Morgan fingerprint density at radius 1 is 1.09 bits per heavy atom. The Morgan fingerprint density at radius 2 is 1.88 bits per heavy atom. The Hall–Kier alpha value is -3.16. The Labute approximate surface area is 192 Å². The maximum atomic E-state index is 13.7. The molecule has 2 fully saturated rings. The van der Waals surface area contributed by atoms with E-state index in [2.05, 4.69) is 5.32 Å². The van der Waals surface area contributed by atoms with Crippen LogP contribution < -0.4 is 5.32 Å². The number of hydrogen-bond acceptors (Lipinski definition) is 4. The smallest absolute Gasteiger partial charge is 0.290 e. The molecule has 2 saturated heterocycles. The highest BCUT2D eigenvalue weighted by Gasteiger charge is 2.37. The van der Waals surface area contributed by atoms with Gasteiger partial charge in [-0.05, 0) is 68.4 Å². The van der Waals surface area contributed by atoms with Crippen molar-refractivity contribution in [3.05, 3.63) is 59.3 Å². The second kappa shape index (κ2) is 10.2. The van der Waals surface area contributed by atoms with Gasteiger partial charge in [0.1, 0.15) is 11.9 Å². The molecule has 8 heteroatoms. The predicted molar refractivity (Wildman–Crippen MR) is 120 cm³/mol. The van der Waals surface area contributed by atoms with Crippen molar-refractivity contribution in [2.75, 3.05) is 19.6 Å². The quantitative estimate of drug-likeness (QED) is 0.750. The standard InChI is InChI=1S/C25H30FN3O4/c1-17-7-8-18(15-20(17)26)16-27-23(30)19-9-12-28(13-10-19)24(31)21-5-2-3-11-29(21)25(32)22-6-4-14-33-22/h4,6-8,14-15,19,21H,2-3,5,9-13,16H2,1H3,(H,27,30). The zero-order valence-electron chi connectivity index (χ0n) is 18.9. The minimum atomic E-state index is -0.488. The molecule has 176 valence electrons. The maximum absolute atomic E-state index is 13.7. The van der Waals surface area contributed by atoms with Gasteiger partial charge in [0, 0.05) is 32.1 Å². The highest BCUT2D eigenvalue weighted by Crippen LogP contribution is 2.25. The summed E-state index contributed by atoms with van der Waals surface area (Å²) in [6.45, 7) is 3.48. The summed E-state index contributed by atoms with van der Waals surface area (Å²) in [6, 6.07) is 7.74. The van der Waals surface area contributed by atoms with Crippen LogP contribution in [0.15, 0.2) is 41.0 Å². The number of aryl methyl sites for hydroxylation is 1. The number of piperidine rings is 2. The first-order valence-electron chi connectivity index (χ1n) is 11.6. The summed E-state index contributed by atoms with van der Waals surface area (Å²) in [4.78, 5) is 42.1. The molecule has 2 aliphatic heterocycles. The van der Waals surface area contributed by atoms with Crippen molar-refractivity contribution in [1.29, 1.82) is 0 Å². The van der Waals surface area contributed by atoms with Crippen LogP contribution in [0.5, 0.6) is 0 Å². The van der Waals surface area contributed by atoms with Gasteiger partial charge in [0.15, 0.2) is 5.76 Å². The minimum absolute atomic E-state index is 0.0522. The fourth-order valence-electron chi connectivity index (χ4n) is 4.63. The number of benzene rings is 1. The molecule has 0 saturated carbocycles. The van der Waals surface area contributed by atoms with Gasteiger partial charge >= 0.3 is 0 Å². The predicted octanol–water partition coefficient (Wildman–Crippen LogP) is 3.28. The Morgan fingerprint density at radius 3 is 2.58 bits per heavy atom. The molecule has 1 atom stereocenters. The highest BCUT2D eigenvalue weighted by atomic mass is 19.1. The summed E-state index contributed by atoms with van der Waals surface area (Å²) in [5.41, 5.74) is 1.29. The van der Waals surface area contributed by atoms with Crippen molar-refractivity contribution in [2.24, 2.45) is 5.92 Å². The number of rotatable bonds is 5. The lowest BCUT2D eigenvalue weighted by atomic mass is 9.94. The Balaban J connectivity index is 1.30. The zero-order valence-corrected chi connectivity index (χ0v) is 18.9. The molecule has 1 aromatic carbocycles. The van der Waals surface area contributed by atoms with Crippen LogP contribution in [-0.2, 0) is 16.1 Å². The number of carbonyl (C=O) groups excluding carboxylic acids is 3. The highest BCUT2D eigenvalue weighted by molar-refractivity contribution is 5.95. The van der Waals surface area contributed by atoms with E-state index in [9.17, 15) is 18.8 Å². The van der Waals surface area contributed by atoms with Crippen LogP contribution in [0.25, 0.3) is 0 Å². The van der Waals surface area contributed by atoms with Gasteiger partial charge in [0.25, 0.3) is 5.91 Å². The summed E-state index contributed by atoms with van der Waals surface area (Å²) >= 11 is 0. The lowest BCUT2D eigenvalue weighted by molar-refractivity contribution is -0.140. The van der Waals surface area contributed by atoms with Crippen LogP contribution in [0, 0.1) is 18.7 Å². The number of furan rings is 1. The van der Waals surface area contributed by atoms with E-state index in [4.69, 9.17) is 4.42 Å². The molecular weight excluding hydrogens is 425 g/mol. The summed E-state index contributed by atoms with van der Waals surface area (Å²) < 4.78 is 19.0. The average molecular weight is 456 g/mol. The van der Waals surface area contributed by atoms with Crippen LogP contribution in [0.4, 0.5) is 4.39 Å². The minimum Gasteiger partial charge on any atom is -0.459 e. The molecule has 3 amide bonds. The number of carbonyl (C=O) groups is 3. The number of likely N-dealkylation sites (tertiary alicyclic amines) is 2. The fraction of sp³-hybridized carbons (Fsp3) is 0.480. The van der Waals surface area contributed by atoms with Crippen LogP contribution in [0.3, 0.4) is 0 Å². The Bertz CT molecular complexity index is 999. The molecule has 0 aliphatic carbocycles. The van der Waals surface area contributed by atoms with Crippen LogP contribution in [0.2, 0.25) is 0 Å². The summed E-state index contributed by atoms with van der Waals surface area (Å²) in [6.07, 6.45) is 5.00. The molecule has 2 aromatic rings. The van der Waals surface area contributed by atoms with Gasteiger partial charge in [0.05, 0.1) is 6.26 Å². The van der Waals surface area contributed by atoms with E-state index in [-0.39, 0.29) is 41.8 Å². The molecule has 0 radical (unpaired) electrons. The number of nitrogens with one attached hydrogen (secondary N) is 1. The van der Waals surface area contributed by atoms with E-state index in [1.54, 1.807) is 41.0 Å². The lowest BCUT2D eigenvalue weighted by Gasteiger charge is -2.39. The van der Waals surface area contributed by atoms with Crippen molar-refractivity contribution < 1.29 is 23.2 Å². The molecule has 1 unspecified atom stereocenters. The SMILES string of the molecule is Cc1ccc(CNC(=O)C2CCN(C(=O)C3CCCCN3C(=O)c3ccco3)CC2)cc1F. The average Bonchev–Trinajstić information content (AvgIpc) is 3.39. The first-order chi connectivity index (χ1) is 15.9. The second-order valence-electron chi connectivity index (χ2n) is 8.89. The number of nitrogens with zero attached hydrogens (tertiary/aromatic N) is 2. The van der Waals surface area contributed by atoms with Crippen molar-refractivity contribution >= 4 is 17.7 Å². The Kier molecular flexibility index (Phi) is 7.11. The van der Waals surface area contributed by atoms with Crippen molar-refractivity contribution in [2.45, 2.75) is 51.6 Å². The second-order valence-corrected chi connectivity index (χ2v) is 8.89. The van der Waals surface area contributed by atoms with E-state index < -0.39 is 6.04 Å². The van der Waals surface area contributed by atoms with Gasteiger partial charge in [-0.2, -0.15) is 0 Å². The molecule has 0 spiro atoms. The molecule has 1 N–H and O–H groups in total.